The lowest BCUT2D eigenvalue weighted by Crippen LogP contribution is -2.27. The van der Waals surface area contributed by atoms with Gasteiger partial charge in [0, 0.05) is 23.2 Å². The molecule has 2 aromatic heterocycles. The molecule has 0 radical (unpaired) electrons. The second-order valence-corrected chi connectivity index (χ2v) is 6.70. The molecule has 3 rings (SSSR count). The van der Waals surface area contributed by atoms with Crippen LogP contribution in [0.1, 0.15) is 12.6 Å². The summed E-state index contributed by atoms with van der Waals surface area (Å²) < 4.78 is 7.59. The lowest BCUT2D eigenvalue weighted by atomic mass is 10.1. The summed E-state index contributed by atoms with van der Waals surface area (Å²) in [7, 11) is 4.06. The Morgan fingerprint density at radius 2 is 1.92 bits per heavy atom. The van der Waals surface area contributed by atoms with Crippen LogP contribution in [0.2, 0.25) is 0 Å². The maximum absolute atomic E-state index is 9.05. The third kappa shape index (κ3) is 3.84. The molecule has 0 amide bonds. The molecule has 1 atom stereocenters. The summed E-state index contributed by atoms with van der Waals surface area (Å²) in [5.74, 6) is 0.831. The number of hydrogen-bond acceptors (Lipinski definition) is 5. The Labute approximate surface area is 153 Å². The third-order valence-corrected chi connectivity index (χ3v) is 4.04. The Morgan fingerprint density at radius 3 is 2.58 bits per heavy atom. The second kappa shape index (κ2) is 7.54. The first kappa shape index (κ1) is 17.9. The van der Waals surface area contributed by atoms with Crippen LogP contribution in [0.4, 0.5) is 0 Å². The Balaban J connectivity index is 1.91. The molecule has 134 valence electrons. The molecule has 3 aromatic rings. The summed E-state index contributed by atoms with van der Waals surface area (Å²) in [6.45, 7) is 5.02. The molecular formula is C20H23N5O. The highest BCUT2D eigenvalue weighted by Crippen LogP contribution is 2.29. The van der Waals surface area contributed by atoms with Crippen LogP contribution < -0.4 is 4.74 Å². The van der Waals surface area contributed by atoms with E-state index in [-0.39, 0.29) is 12.6 Å². The minimum absolute atomic E-state index is 0.110. The van der Waals surface area contributed by atoms with Crippen molar-refractivity contribution in [2.45, 2.75) is 26.5 Å². The van der Waals surface area contributed by atoms with Gasteiger partial charge in [-0.25, -0.2) is 9.67 Å². The van der Waals surface area contributed by atoms with Gasteiger partial charge in [-0.3, -0.25) is 0 Å². The normalized spacial score (nSPS) is 12.3. The van der Waals surface area contributed by atoms with Crippen molar-refractivity contribution < 1.29 is 4.74 Å². The van der Waals surface area contributed by atoms with Crippen molar-refractivity contribution in [1.29, 1.82) is 5.26 Å². The average Bonchev–Trinajstić information content (AvgIpc) is 2.93. The molecule has 0 unspecified atom stereocenters. The van der Waals surface area contributed by atoms with Gasteiger partial charge in [0.2, 0.25) is 0 Å². The van der Waals surface area contributed by atoms with E-state index in [9.17, 15) is 0 Å². The second-order valence-electron chi connectivity index (χ2n) is 6.70. The van der Waals surface area contributed by atoms with Gasteiger partial charge in [0.15, 0.2) is 5.65 Å². The molecule has 0 N–H and O–H groups in total. The Bertz CT molecular complexity index is 937. The molecule has 6 heteroatoms. The highest BCUT2D eigenvalue weighted by atomic mass is 16.5. The third-order valence-electron chi connectivity index (χ3n) is 4.04. The Kier molecular flexibility index (Phi) is 5.19. The van der Waals surface area contributed by atoms with Crippen molar-refractivity contribution >= 4 is 11.0 Å². The zero-order chi connectivity index (χ0) is 18.7. The number of aryl methyl sites for hydroxylation is 1. The number of nitrogens with zero attached hydrogens (tertiary/aromatic N) is 5. The molecule has 6 nitrogen and oxygen atoms in total. The van der Waals surface area contributed by atoms with Crippen molar-refractivity contribution in [1.82, 2.24) is 19.7 Å². The van der Waals surface area contributed by atoms with Gasteiger partial charge in [0.25, 0.3) is 0 Å². The largest absolute Gasteiger partial charge is 0.489 e. The predicted molar refractivity (Wildman–Crippen MR) is 102 cm³/mol. The van der Waals surface area contributed by atoms with Gasteiger partial charge in [0.1, 0.15) is 24.1 Å². The molecule has 26 heavy (non-hydrogen) atoms. The van der Waals surface area contributed by atoms with Crippen molar-refractivity contribution in [3.63, 3.8) is 0 Å². The number of ether oxygens (including phenoxy) is 1. The number of pyridine rings is 1. The number of nitriles is 1. The fourth-order valence-corrected chi connectivity index (χ4v) is 3.01. The molecule has 0 saturated carbocycles. The molecular weight excluding hydrogens is 326 g/mol. The van der Waals surface area contributed by atoms with Gasteiger partial charge in [0.05, 0.1) is 6.07 Å². The number of hydrogen-bond donors (Lipinski definition) is 0. The van der Waals surface area contributed by atoms with Crippen LogP contribution in [0.3, 0.4) is 0 Å². The van der Waals surface area contributed by atoms with E-state index in [0.29, 0.717) is 0 Å². The van der Waals surface area contributed by atoms with E-state index in [0.717, 1.165) is 40.3 Å². The highest BCUT2D eigenvalue weighted by Gasteiger charge is 2.14. The van der Waals surface area contributed by atoms with Crippen molar-refractivity contribution in [3.8, 4) is 23.1 Å². The summed E-state index contributed by atoms with van der Waals surface area (Å²) in [5.41, 5.74) is 3.45. The lowest BCUT2D eigenvalue weighted by molar-refractivity contribution is 0.177. The fourth-order valence-electron chi connectivity index (χ4n) is 3.01. The van der Waals surface area contributed by atoms with Crippen LogP contribution in [0.25, 0.3) is 22.3 Å². The van der Waals surface area contributed by atoms with E-state index in [1.165, 1.54) is 0 Å². The number of fused-ring (bicyclic) bond motifs is 1. The maximum atomic E-state index is 9.05. The first-order valence-electron chi connectivity index (χ1n) is 8.61. The molecule has 1 aromatic carbocycles. The van der Waals surface area contributed by atoms with E-state index in [2.05, 4.69) is 28.0 Å². The van der Waals surface area contributed by atoms with Crippen LogP contribution in [-0.2, 0) is 6.54 Å². The van der Waals surface area contributed by atoms with Crippen LogP contribution in [0, 0.1) is 18.3 Å². The zero-order valence-electron chi connectivity index (χ0n) is 15.6. The number of aromatic nitrogens is 3. The first-order valence-corrected chi connectivity index (χ1v) is 8.61. The van der Waals surface area contributed by atoms with Crippen molar-refractivity contribution in [2.75, 3.05) is 20.6 Å². The van der Waals surface area contributed by atoms with Crippen LogP contribution in [-0.4, -0.2) is 46.4 Å². The topological polar surface area (TPSA) is 67.0 Å². The van der Waals surface area contributed by atoms with Crippen LogP contribution >= 0.6 is 0 Å². The lowest BCUT2D eigenvalue weighted by Gasteiger charge is -2.18. The summed E-state index contributed by atoms with van der Waals surface area (Å²) in [6, 6.07) is 14.0. The van der Waals surface area contributed by atoms with Gasteiger partial charge in [-0.1, -0.05) is 0 Å². The summed E-state index contributed by atoms with van der Waals surface area (Å²) in [4.78, 5) is 6.64. The molecule has 0 fully saturated rings. The zero-order valence-corrected chi connectivity index (χ0v) is 15.6. The number of benzene rings is 1. The van der Waals surface area contributed by atoms with E-state index in [1.54, 1.807) is 4.68 Å². The van der Waals surface area contributed by atoms with E-state index in [1.807, 2.05) is 57.4 Å². The van der Waals surface area contributed by atoms with E-state index in [4.69, 9.17) is 10.00 Å². The quantitative estimate of drug-likeness (QED) is 0.683. The molecule has 0 saturated heterocycles. The molecule has 0 spiro atoms. The number of rotatable bonds is 6. The van der Waals surface area contributed by atoms with E-state index < -0.39 is 0 Å². The van der Waals surface area contributed by atoms with Gasteiger partial charge in [-0.05, 0) is 64.3 Å². The molecule has 0 aliphatic carbocycles. The standard InChI is InChI=1S/C20H23N5O/c1-14-5-10-18-19(23-25(12-11-21)20(18)22-14)16-6-8-17(9-7-16)26-15(2)13-24(3)4/h5-10,15H,12-13H2,1-4H3/t15-/m0/s1. The van der Waals surface area contributed by atoms with Gasteiger partial charge in [-0.15, -0.1) is 0 Å². The fraction of sp³-hybridized carbons (Fsp3) is 0.350. The van der Waals surface area contributed by atoms with E-state index >= 15 is 0 Å². The van der Waals surface area contributed by atoms with Crippen molar-refractivity contribution in [3.05, 3.63) is 42.1 Å². The monoisotopic (exact) mass is 349 g/mol. The van der Waals surface area contributed by atoms with Gasteiger partial charge < -0.3 is 9.64 Å². The minimum atomic E-state index is 0.110. The van der Waals surface area contributed by atoms with Crippen LogP contribution in [0.15, 0.2) is 36.4 Å². The Morgan fingerprint density at radius 1 is 1.19 bits per heavy atom. The molecule has 0 aliphatic rings. The molecule has 0 bridgehead atoms. The summed E-state index contributed by atoms with van der Waals surface area (Å²) in [6.07, 6.45) is 0.110. The SMILES string of the molecule is Cc1ccc2c(-c3ccc(O[C@@H](C)CN(C)C)cc3)nn(CC#N)c2n1. The molecule has 2 heterocycles. The predicted octanol–water partition coefficient (Wildman–Crippen LogP) is 3.26. The minimum Gasteiger partial charge on any atom is -0.489 e. The van der Waals surface area contributed by atoms with Crippen LogP contribution in [0.5, 0.6) is 5.75 Å². The summed E-state index contributed by atoms with van der Waals surface area (Å²) >= 11 is 0. The maximum Gasteiger partial charge on any atom is 0.159 e. The average molecular weight is 349 g/mol. The molecule has 0 aliphatic heterocycles. The van der Waals surface area contributed by atoms with Gasteiger partial charge >= 0.3 is 0 Å². The van der Waals surface area contributed by atoms with Crippen molar-refractivity contribution in [2.24, 2.45) is 0 Å². The summed E-state index contributed by atoms with van der Waals surface area (Å²) in [5, 5.41) is 14.6. The number of likely N-dealkylation sites (N-methyl/N-ethyl adjacent to an activating group) is 1. The smallest absolute Gasteiger partial charge is 0.159 e. The van der Waals surface area contributed by atoms with Gasteiger partial charge in [-0.2, -0.15) is 10.4 Å². The highest BCUT2D eigenvalue weighted by molar-refractivity contribution is 5.91. The Hall–Kier alpha value is -2.91. The first-order chi connectivity index (χ1) is 12.5.